The maximum atomic E-state index is 2.70. The predicted molar refractivity (Wildman–Crippen MR) is 85.2 cm³/mol. The van der Waals surface area contributed by atoms with Crippen molar-refractivity contribution in [3.05, 3.63) is 0 Å². The Hall–Kier alpha value is 0.137. The van der Waals surface area contributed by atoms with Crippen LogP contribution in [0.4, 0.5) is 0 Å². The van der Waals surface area contributed by atoms with E-state index in [0.29, 0.717) is 5.29 Å². The smallest absolute Gasteiger partial charge is 0.0492 e. The van der Waals surface area contributed by atoms with Crippen molar-refractivity contribution >= 4 is 10.2 Å². The zero-order valence-electron chi connectivity index (χ0n) is 13.2. The lowest BCUT2D eigenvalue weighted by Gasteiger charge is -2.36. The first kappa shape index (κ1) is 16.2. The van der Waals surface area contributed by atoms with E-state index in [-0.39, 0.29) is 0 Å². The summed E-state index contributed by atoms with van der Waals surface area (Å²) < 4.78 is 0. The fourth-order valence-electron chi connectivity index (χ4n) is 2.88. The second kappa shape index (κ2) is 8.34. The van der Waals surface area contributed by atoms with Crippen LogP contribution in [-0.2, 0) is 0 Å². The van der Waals surface area contributed by atoms with Crippen LogP contribution in [0.5, 0.6) is 0 Å². The number of likely N-dealkylation sites (N-methyl/N-ethyl adjacent to an activating group) is 1. The monoisotopic (exact) mass is 270 g/mol. The van der Waals surface area contributed by atoms with Crippen molar-refractivity contribution in [3.63, 3.8) is 0 Å². The van der Waals surface area contributed by atoms with E-state index in [1.165, 1.54) is 81.2 Å². The van der Waals surface area contributed by atoms with Crippen LogP contribution in [0.15, 0.2) is 0 Å². The van der Waals surface area contributed by atoms with Crippen molar-refractivity contribution in [3.8, 4) is 0 Å². The molecule has 1 fully saturated rings. The SMILES string of the molecule is CCCCCCCCCCN1CCN(C)C1(C)[SiH3]. The van der Waals surface area contributed by atoms with Crippen LogP contribution in [0.25, 0.3) is 0 Å². The molecular formula is C15H34N2Si. The Morgan fingerprint density at radius 3 is 2.00 bits per heavy atom. The second-order valence-corrected chi connectivity index (χ2v) is 8.27. The largest absolute Gasteiger partial charge is 0.291 e. The first-order chi connectivity index (χ1) is 8.59. The lowest BCUT2D eigenvalue weighted by Crippen LogP contribution is -2.50. The van der Waals surface area contributed by atoms with Gasteiger partial charge in [-0.3, -0.25) is 9.80 Å². The van der Waals surface area contributed by atoms with Crippen molar-refractivity contribution < 1.29 is 0 Å². The quantitative estimate of drug-likeness (QED) is 0.469. The molecule has 0 bridgehead atoms. The van der Waals surface area contributed by atoms with Crippen LogP contribution in [0, 0.1) is 0 Å². The Balaban J connectivity index is 1.98. The third-order valence-electron chi connectivity index (χ3n) is 4.69. The highest BCUT2D eigenvalue weighted by molar-refractivity contribution is 6.14. The van der Waals surface area contributed by atoms with Gasteiger partial charge in [-0.1, -0.05) is 51.9 Å². The maximum Gasteiger partial charge on any atom is 0.0492 e. The van der Waals surface area contributed by atoms with Crippen LogP contribution in [0.1, 0.15) is 65.2 Å². The van der Waals surface area contributed by atoms with E-state index in [9.17, 15) is 0 Å². The molecular weight excluding hydrogens is 236 g/mol. The topological polar surface area (TPSA) is 6.48 Å². The summed E-state index contributed by atoms with van der Waals surface area (Å²) in [6.45, 7) is 8.57. The van der Waals surface area contributed by atoms with E-state index in [2.05, 4.69) is 30.7 Å². The Morgan fingerprint density at radius 1 is 0.944 bits per heavy atom. The molecule has 1 atom stereocenters. The average molecular weight is 271 g/mol. The Labute approximate surface area is 118 Å². The molecule has 0 aliphatic carbocycles. The Kier molecular flexibility index (Phi) is 7.50. The number of hydrogen-bond donors (Lipinski definition) is 0. The molecule has 0 amide bonds. The van der Waals surface area contributed by atoms with Gasteiger partial charge in [0.2, 0.25) is 0 Å². The van der Waals surface area contributed by atoms with E-state index in [1.807, 2.05) is 0 Å². The summed E-state index contributed by atoms with van der Waals surface area (Å²) in [5.74, 6) is 0. The van der Waals surface area contributed by atoms with Gasteiger partial charge in [-0.25, -0.2) is 0 Å². The van der Waals surface area contributed by atoms with E-state index in [1.54, 1.807) is 0 Å². The average Bonchev–Trinajstić information content (AvgIpc) is 2.59. The van der Waals surface area contributed by atoms with Gasteiger partial charge in [-0.15, -0.1) is 0 Å². The van der Waals surface area contributed by atoms with Crippen LogP contribution in [0.2, 0.25) is 0 Å². The molecule has 1 heterocycles. The Morgan fingerprint density at radius 2 is 1.50 bits per heavy atom. The molecule has 18 heavy (non-hydrogen) atoms. The third-order valence-corrected chi connectivity index (χ3v) is 6.09. The van der Waals surface area contributed by atoms with Crippen LogP contribution in [-0.4, -0.2) is 52.0 Å². The van der Waals surface area contributed by atoms with Gasteiger partial charge in [0.25, 0.3) is 0 Å². The van der Waals surface area contributed by atoms with Crippen LogP contribution >= 0.6 is 0 Å². The first-order valence-electron chi connectivity index (χ1n) is 8.05. The van der Waals surface area contributed by atoms with Crippen molar-refractivity contribution in [2.75, 3.05) is 26.7 Å². The van der Waals surface area contributed by atoms with Gasteiger partial charge in [0.1, 0.15) is 0 Å². The first-order valence-corrected chi connectivity index (χ1v) is 9.05. The maximum absolute atomic E-state index is 2.70. The highest BCUT2D eigenvalue weighted by atomic mass is 28.1. The fourth-order valence-corrected chi connectivity index (χ4v) is 3.55. The summed E-state index contributed by atoms with van der Waals surface area (Å²) in [6.07, 6.45) is 11.4. The van der Waals surface area contributed by atoms with Crippen molar-refractivity contribution in [1.82, 2.24) is 9.80 Å². The summed E-state index contributed by atoms with van der Waals surface area (Å²) in [4.78, 5) is 5.24. The highest BCUT2D eigenvalue weighted by Crippen LogP contribution is 2.22. The van der Waals surface area contributed by atoms with Gasteiger partial charge in [-0.05, 0) is 26.9 Å². The molecule has 108 valence electrons. The molecule has 2 nitrogen and oxygen atoms in total. The van der Waals surface area contributed by atoms with Gasteiger partial charge in [0.05, 0.1) is 0 Å². The molecule has 1 aliphatic rings. The fraction of sp³-hybridized carbons (Fsp3) is 1.00. The zero-order valence-corrected chi connectivity index (χ0v) is 15.2. The van der Waals surface area contributed by atoms with Gasteiger partial charge >= 0.3 is 0 Å². The molecule has 1 saturated heterocycles. The molecule has 1 rings (SSSR count). The molecule has 1 aliphatic heterocycles. The summed E-state index contributed by atoms with van der Waals surface area (Å²) in [7, 11) is 3.53. The predicted octanol–water partition coefficient (Wildman–Crippen LogP) is 2.41. The second-order valence-electron chi connectivity index (χ2n) is 6.38. The highest BCUT2D eigenvalue weighted by Gasteiger charge is 2.35. The molecule has 3 heteroatoms. The summed E-state index contributed by atoms with van der Waals surface area (Å²) >= 11 is 0. The molecule has 0 radical (unpaired) electrons. The molecule has 0 N–H and O–H groups in total. The lowest BCUT2D eigenvalue weighted by atomic mass is 10.1. The summed E-state index contributed by atoms with van der Waals surface area (Å²) in [5, 5.41) is 0.418. The zero-order chi connectivity index (χ0) is 13.4. The minimum Gasteiger partial charge on any atom is -0.291 e. The molecule has 1 unspecified atom stereocenters. The number of unbranched alkanes of at least 4 members (excludes halogenated alkanes) is 7. The number of hydrogen-bond acceptors (Lipinski definition) is 2. The Bertz CT molecular complexity index is 219. The minimum absolute atomic E-state index is 0.418. The van der Waals surface area contributed by atoms with Gasteiger partial charge in [0, 0.05) is 28.6 Å². The van der Waals surface area contributed by atoms with E-state index in [4.69, 9.17) is 0 Å². The molecule has 0 saturated carbocycles. The normalized spacial score (nSPS) is 26.2. The standard InChI is InChI=1S/C15H34N2Si/c1-4-5-6-7-8-9-10-11-12-17-14-13-16(3)15(17,2)18/h4-14H2,1-3,18H3. The van der Waals surface area contributed by atoms with Crippen molar-refractivity contribution in [1.29, 1.82) is 0 Å². The minimum atomic E-state index is 0.418. The van der Waals surface area contributed by atoms with E-state index >= 15 is 0 Å². The molecule has 0 aromatic heterocycles. The van der Waals surface area contributed by atoms with Gasteiger partial charge in [-0.2, -0.15) is 0 Å². The number of rotatable bonds is 9. The summed E-state index contributed by atoms with van der Waals surface area (Å²) in [6, 6.07) is 0. The van der Waals surface area contributed by atoms with E-state index in [0.717, 1.165) is 0 Å². The van der Waals surface area contributed by atoms with Crippen LogP contribution in [0.3, 0.4) is 0 Å². The molecule has 0 aromatic rings. The van der Waals surface area contributed by atoms with Crippen molar-refractivity contribution in [2.24, 2.45) is 0 Å². The van der Waals surface area contributed by atoms with Gasteiger partial charge < -0.3 is 0 Å². The third kappa shape index (κ3) is 5.02. The van der Waals surface area contributed by atoms with Gasteiger partial charge in [0.15, 0.2) is 0 Å². The molecule has 0 spiro atoms. The molecule has 0 aromatic carbocycles. The van der Waals surface area contributed by atoms with Crippen LogP contribution < -0.4 is 0 Å². The van der Waals surface area contributed by atoms with E-state index < -0.39 is 0 Å². The summed E-state index contributed by atoms with van der Waals surface area (Å²) in [5.41, 5.74) is 0. The number of nitrogens with zero attached hydrogens (tertiary/aromatic N) is 2. The van der Waals surface area contributed by atoms with Crippen molar-refractivity contribution in [2.45, 2.75) is 70.5 Å². The lowest BCUT2D eigenvalue weighted by molar-refractivity contribution is 0.130.